The molecule has 0 aromatic carbocycles. The Morgan fingerprint density at radius 1 is 0.500 bits per heavy atom. The van der Waals surface area contributed by atoms with Crippen LogP contribution in [0.4, 0.5) is 0 Å². The van der Waals surface area contributed by atoms with Crippen molar-refractivity contribution in [3.8, 4) is 0 Å². The molecule has 3 heteroatoms. The summed E-state index contributed by atoms with van der Waals surface area (Å²) in [6.07, 6.45) is 24.3. The van der Waals surface area contributed by atoms with Gasteiger partial charge in [0.1, 0.15) is 0 Å². The first-order chi connectivity index (χ1) is 13.9. The molecule has 1 rings (SSSR count). The molecule has 1 aliphatic heterocycles. The molecule has 0 saturated carbocycles. The standard InChI is InChI=1S/C25H53N3/c1-2-3-4-5-6-7-8-9-10-11-12-13-14-15-18-25-23-27-21-16-19-26-20-17-22-28-24-25/h25-28H,2-24H2,1H3. The minimum absolute atomic E-state index is 0.824. The lowest BCUT2D eigenvalue weighted by atomic mass is 9.99. The molecule has 0 atom stereocenters. The van der Waals surface area contributed by atoms with E-state index >= 15 is 0 Å². The highest BCUT2D eigenvalue weighted by atomic mass is 14.9. The normalized spacial score (nSPS) is 17.9. The fraction of sp³-hybridized carbons (Fsp3) is 1.00. The average molecular weight is 396 g/mol. The minimum Gasteiger partial charge on any atom is -0.317 e. The van der Waals surface area contributed by atoms with Gasteiger partial charge in [-0.25, -0.2) is 0 Å². The van der Waals surface area contributed by atoms with Gasteiger partial charge in [-0.3, -0.25) is 0 Å². The zero-order valence-electron chi connectivity index (χ0n) is 19.3. The van der Waals surface area contributed by atoms with Crippen LogP contribution < -0.4 is 16.0 Å². The van der Waals surface area contributed by atoms with E-state index in [1.54, 1.807) is 0 Å². The molecule has 28 heavy (non-hydrogen) atoms. The van der Waals surface area contributed by atoms with E-state index in [1.807, 2.05) is 0 Å². The molecule has 0 spiro atoms. The fourth-order valence-corrected chi connectivity index (χ4v) is 4.32. The van der Waals surface area contributed by atoms with E-state index in [-0.39, 0.29) is 0 Å². The van der Waals surface area contributed by atoms with Crippen molar-refractivity contribution in [3.05, 3.63) is 0 Å². The maximum absolute atomic E-state index is 3.67. The van der Waals surface area contributed by atoms with Crippen molar-refractivity contribution in [1.29, 1.82) is 0 Å². The number of hydrogen-bond acceptors (Lipinski definition) is 3. The number of hydrogen-bond donors (Lipinski definition) is 3. The Kier molecular flexibility index (Phi) is 20.0. The van der Waals surface area contributed by atoms with Crippen molar-refractivity contribution in [2.24, 2.45) is 5.92 Å². The van der Waals surface area contributed by atoms with Gasteiger partial charge >= 0.3 is 0 Å². The number of rotatable bonds is 15. The van der Waals surface area contributed by atoms with Gasteiger partial charge in [0.25, 0.3) is 0 Å². The lowest BCUT2D eigenvalue weighted by Gasteiger charge is -2.19. The van der Waals surface area contributed by atoms with Crippen molar-refractivity contribution in [3.63, 3.8) is 0 Å². The monoisotopic (exact) mass is 395 g/mol. The highest BCUT2D eigenvalue weighted by Gasteiger charge is 2.08. The van der Waals surface area contributed by atoms with Crippen LogP contribution in [0.5, 0.6) is 0 Å². The van der Waals surface area contributed by atoms with Crippen molar-refractivity contribution < 1.29 is 0 Å². The molecule has 1 saturated heterocycles. The van der Waals surface area contributed by atoms with Crippen molar-refractivity contribution in [2.75, 3.05) is 39.3 Å². The Morgan fingerprint density at radius 3 is 1.36 bits per heavy atom. The Bertz CT molecular complexity index is 284. The third-order valence-electron chi connectivity index (χ3n) is 6.25. The molecule has 3 N–H and O–H groups in total. The van der Waals surface area contributed by atoms with Gasteiger partial charge in [-0.1, -0.05) is 96.8 Å². The van der Waals surface area contributed by atoms with Crippen molar-refractivity contribution in [2.45, 2.75) is 116 Å². The summed E-state index contributed by atoms with van der Waals surface area (Å²) in [5.41, 5.74) is 0. The molecule has 0 radical (unpaired) electrons. The van der Waals surface area contributed by atoms with Crippen LogP contribution in [0.15, 0.2) is 0 Å². The summed E-state index contributed by atoms with van der Waals surface area (Å²) in [5, 5.41) is 10.9. The largest absolute Gasteiger partial charge is 0.317 e. The first-order valence-electron chi connectivity index (χ1n) is 13.1. The van der Waals surface area contributed by atoms with Crippen LogP contribution in [0.3, 0.4) is 0 Å². The van der Waals surface area contributed by atoms with E-state index < -0.39 is 0 Å². The summed E-state index contributed by atoms with van der Waals surface area (Å²) in [4.78, 5) is 0. The molecule has 0 unspecified atom stereocenters. The van der Waals surface area contributed by atoms with E-state index in [9.17, 15) is 0 Å². The van der Waals surface area contributed by atoms with E-state index in [0.29, 0.717) is 0 Å². The van der Waals surface area contributed by atoms with Crippen LogP contribution in [0.2, 0.25) is 0 Å². The lowest BCUT2D eigenvalue weighted by molar-refractivity contribution is 0.389. The molecule has 1 fully saturated rings. The predicted octanol–water partition coefficient (Wildman–Crippen LogP) is 6.04. The van der Waals surface area contributed by atoms with Crippen LogP contribution in [-0.4, -0.2) is 39.3 Å². The average Bonchev–Trinajstić information content (AvgIpc) is 2.70. The maximum atomic E-state index is 3.67. The third-order valence-corrected chi connectivity index (χ3v) is 6.25. The summed E-state index contributed by atoms with van der Waals surface area (Å²) in [5.74, 6) is 0.824. The van der Waals surface area contributed by atoms with E-state index in [0.717, 1.165) is 19.0 Å². The number of unbranched alkanes of at least 4 members (excludes halogenated alkanes) is 13. The number of nitrogens with one attached hydrogen (secondary N) is 3. The van der Waals surface area contributed by atoms with Crippen LogP contribution in [-0.2, 0) is 0 Å². The topological polar surface area (TPSA) is 36.1 Å². The van der Waals surface area contributed by atoms with Gasteiger partial charge in [-0.15, -0.1) is 0 Å². The minimum atomic E-state index is 0.824. The Morgan fingerprint density at radius 2 is 0.893 bits per heavy atom. The summed E-state index contributed by atoms with van der Waals surface area (Å²) in [7, 11) is 0. The molecule has 1 heterocycles. The highest BCUT2D eigenvalue weighted by Crippen LogP contribution is 2.15. The van der Waals surface area contributed by atoms with Gasteiger partial charge in [-0.2, -0.15) is 0 Å². The smallest absolute Gasteiger partial charge is 0.000837 e. The van der Waals surface area contributed by atoms with Gasteiger partial charge in [0.15, 0.2) is 0 Å². The van der Waals surface area contributed by atoms with E-state index in [2.05, 4.69) is 22.9 Å². The highest BCUT2D eigenvalue weighted by molar-refractivity contribution is 4.68. The molecule has 3 nitrogen and oxygen atoms in total. The molecule has 168 valence electrons. The second kappa shape index (κ2) is 21.6. The quantitative estimate of drug-likeness (QED) is 0.296. The van der Waals surface area contributed by atoms with E-state index in [1.165, 1.54) is 135 Å². The second-order valence-electron chi connectivity index (χ2n) is 9.12. The van der Waals surface area contributed by atoms with Gasteiger partial charge in [-0.05, 0) is 64.4 Å². The molecule has 0 aromatic rings. The molecule has 0 aliphatic carbocycles. The molecule has 0 bridgehead atoms. The molecular weight excluding hydrogens is 342 g/mol. The Hall–Kier alpha value is -0.120. The second-order valence-corrected chi connectivity index (χ2v) is 9.12. The Labute approximate surface area is 177 Å². The van der Waals surface area contributed by atoms with Crippen molar-refractivity contribution in [1.82, 2.24) is 16.0 Å². The fourth-order valence-electron chi connectivity index (χ4n) is 4.32. The van der Waals surface area contributed by atoms with Crippen LogP contribution in [0, 0.1) is 5.92 Å². The van der Waals surface area contributed by atoms with Gasteiger partial charge in [0, 0.05) is 0 Å². The molecular formula is C25H53N3. The van der Waals surface area contributed by atoms with Crippen molar-refractivity contribution >= 4 is 0 Å². The van der Waals surface area contributed by atoms with E-state index in [4.69, 9.17) is 0 Å². The van der Waals surface area contributed by atoms with Crippen LogP contribution in [0.25, 0.3) is 0 Å². The zero-order valence-corrected chi connectivity index (χ0v) is 19.3. The molecule has 0 amide bonds. The zero-order chi connectivity index (χ0) is 20.0. The van der Waals surface area contributed by atoms with Gasteiger partial charge in [0.2, 0.25) is 0 Å². The van der Waals surface area contributed by atoms with Gasteiger partial charge in [0.05, 0.1) is 0 Å². The van der Waals surface area contributed by atoms with Crippen LogP contribution >= 0.6 is 0 Å². The first kappa shape index (κ1) is 25.9. The first-order valence-corrected chi connectivity index (χ1v) is 13.1. The Balaban J connectivity index is 1.86. The molecule has 0 aromatic heterocycles. The summed E-state index contributed by atoms with van der Waals surface area (Å²) >= 11 is 0. The molecule has 1 aliphatic rings. The summed E-state index contributed by atoms with van der Waals surface area (Å²) in [6.45, 7) is 9.36. The third kappa shape index (κ3) is 17.9. The van der Waals surface area contributed by atoms with Crippen LogP contribution in [0.1, 0.15) is 116 Å². The maximum Gasteiger partial charge on any atom is -0.000837 e. The lowest BCUT2D eigenvalue weighted by Crippen LogP contribution is -2.35. The SMILES string of the molecule is CCCCCCCCCCCCCCCCC1CNCCCNCCCNC1. The predicted molar refractivity (Wildman–Crippen MR) is 126 cm³/mol. The summed E-state index contributed by atoms with van der Waals surface area (Å²) < 4.78 is 0. The summed E-state index contributed by atoms with van der Waals surface area (Å²) in [6, 6.07) is 0. The van der Waals surface area contributed by atoms with Gasteiger partial charge < -0.3 is 16.0 Å².